The lowest BCUT2D eigenvalue weighted by molar-refractivity contribution is 0.200. The smallest absolute Gasteiger partial charge is 0.257 e. The molecule has 5 nitrogen and oxygen atoms in total. The third-order valence-corrected chi connectivity index (χ3v) is 5.59. The normalized spacial score (nSPS) is 18.1. The van der Waals surface area contributed by atoms with Crippen LogP contribution in [-0.2, 0) is 6.54 Å². The Balaban J connectivity index is 1.48. The van der Waals surface area contributed by atoms with Crippen LogP contribution in [0.15, 0.2) is 59.4 Å². The number of H-pyrrole nitrogens is 2. The number of pyridine rings is 1. The highest BCUT2D eigenvalue weighted by atomic mass is 16.1. The molecule has 0 amide bonds. The molecular formula is C23H24N4O. The first-order valence-corrected chi connectivity index (χ1v) is 9.85. The van der Waals surface area contributed by atoms with Crippen LogP contribution in [-0.4, -0.2) is 40.5 Å². The van der Waals surface area contributed by atoms with E-state index in [4.69, 9.17) is 0 Å². The zero-order valence-electron chi connectivity index (χ0n) is 16.0. The number of benzene rings is 2. The van der Waals surface area contributed by atoms with E-state index in [-0.39, 0.29) is 5.56 Å². The minimum absolute atomic E-state index is 0.0692. The number of hydrogen-bond donors (Lipinski definition) is 3. The second kappa shape index (κ2) is 6.93. The molecule has 0 radical (unpaired) electrons. The first-order chi connectivity index (χ1) is 13.7. The molecule has 3 N–H and O–H groups in total. The van der Waals surface area contributed by atoms with E-state index < -0.39 is 0 Å². The van der Waals surface area contributed by atoms with Crippen LogP contribution in [0.4, 0.5) is 0 Å². The summed E-state index contributed by atoms with van der Waals surface area (Å²) in [7, 11) is 0. The van der Waals surface area contributed by atoms with E-state index in [1.54, 1.807) is 0 Å². The molecule has 1 aliphatic rings. The fraction of sp³-hybridized carbons (Fsp3) is 0.261. The van der Waals surface area contributed by atoms with E-state index >= 15 is 0 Å². The molecule has 0 bridgehead atoms. The van der Waals surface area contributed by atoms with Crippen LogP contribution in [0.1, 0.15) is 12.5 Å². The average Bonchev–Trinajstić information content (AvgIpc) is 3.10. The van der Waals surface area contributed by atoms with E-state index in [1.165, 1.54) is 5.56 Å². The van der Waals surface area contributed by atoms with E-state index in [2.05, 4.69) is 51.4 Å². The second-order valence-electron chi connectivity index (χ2n) is 7.79. The number of para-hydroxylation sites is 1. The number of nitrogens with zero attached hydrogens (tertiary/aromatic N) is 1. The van der Waals surface area contributed by atoms with Gasteiger partial charge in [-0.1, -0.05) is 24.3 Å². The van der Waals surface area contributed by atoms with Crippen LogP contribution in [0, 0.1) is 0 Å². The summed E-state index contributed by atoms with van der Waals surface area (Å²) in [5.74, 6) is 0. The summed E-state index contributed by atoms with van der Waals surface area (Å²) >= 11 is 0. The summed E-state index contributed by atoms with van der Waals surface area (Å²) in [6.45, 7) is 6.38. The minimum Gasteiger partial charge on any atom is -0.354 e. The lowest BCUT2D eigenvalue weighted by Gasteiger charge is -2.31. The summed E-state index contributed by atoms with van der Waals surface area (Å²) in [4.78, 5) is 21.5. The molecule has 142 valence electrons. The number of aromatic amines is 2. The predicted molar refractivity (Wildman–Crippen MR) is 115 cm³/mol. The molecule has 0 aliphatic carbocycles. The van der Waals surface area contributed by atoms with Crippen molar-refractivity contribution in [1.82, 2.24) is 20.2 Å². The molecule has 5 heteroatoms. The third kappa shape index (κ3) is 3.23. The largest absolute Gasteiger partial charge is 0.354 e. The van der Waals surface area contributed by atoms with Gasteiger partial charge in [0.15, 0.2) is 0 Å². The summed E-state index contributed by atoms with van der Waals surface area (Å²) in [5, 5.41) is 5.66. The van der Waals surface area contributed by atoms with Crippen molar-refractivity contribution < 1.29 is 0 Å². The highest BCUT2D eigenvalue weighted by molar-refractivity contribution is 5.89. The molecule has 3 heterocycles. The zero-order chi connectivity index (χ0) is 19.1. The Bertz CT molecular complexity index is 1210. The fourth-order valence-corrected chi connectivity index (χ4v) is 4.19. The first-order valence-electron chi connectivity index (χ1n) is 9.85. The Morgan fingerprint density at radius 3 is 2.75 bits per heavy atom. The maximum Gasteiger partial charge on any atom is 0.257 e. The summed E-state index contributed by atoms with van der Waals surface area (Å²) in [6, 6.07) is 19.0. The van der Waals surface area contributed by atoms with Crippen molar-refractivity contribution in [3.8, 4) is 11.3 Å². The van der Waals surface area contributed by atoms with E-state index in [1.807, 2.05) is 30.3 Å². The van der Waals surface area contributed by atoms with E-state index in [9.17, 15) is 4.79 Å². The van der Waals surface area contributed by atoms with E-state index in [0.717, 1.165) is 53.7 Å². The summed E-state index contributed by atoms with van der Waals surface area (Å²) in [5.41, 5.74) is 4.68. The monoisotopic (exact) mass is 372 g/mol. The zero-order valence-corrected chi connectivity index (χ0v) is 16.0. The predicted octanol–water partition coefficient (Wildman–Crippen LogP) is 3.47. The molecule has 4 aromatic rings. The molecule has 0 spiro atoms. The van der Waals surface area contributed by atoms with Crippen molar-refractivity contribution in [2.75, 3.05) is 19.6 Å². The van der Waals surface area contributed by atoms with Crippen molar-refractivity contribution in [2.45, 2.75) is 19.5 Å². The second-order valence-corrected chi connectivity index (χ2v) is 7.79. The van der Waals surface area contributed by atoms with Gasteiger partial charge in [0, 0.05) is 48.6 Å². The molecule has 2 aromatic heterocycles. The Morgan fingerprint density at radius 2 is 1.86 bits per heavy atom. The van der Waals surface area contributed by atoms with Gasteiger partial charge < -0.3 is 15.3 Å². The number of aromatic nitrogens is 2. The van der Waals surface area contributed by atoms with Crippen molar-refractivity contribution in [1.29, 1.82) is 0 Å². The third-order valence-electron chi connectivity index (χ3n) is 5.59. The van der Waals surface area contributed by atoms with Crippen molar-refractivity contribution in [3.63, 3.8) is 0 Å². The molecule has 0 unspecified atom stereocenters. The van der Waals surface area contributed by atoms with Gasteiger partial charge in [-0.05, 0) is 48.2 Å². The van der Waals surface area contributed by atoms with Gasteiger partial charge in [-0.25, -0.2) is 0 Å². The van der Waals surface area contributed by atoms with Crippen LogP contribution < -0.4 is 10.9 Å². The quantitative estimate of drug-likeness (QED) is 0.516. The number of hydrogen-bond acceptors (Lipinski definition) is 3. The first kappa shape index (κ1) is 17.2. The Kier molecular flexibility index (Phi) is 4.26. The van der Waals surface area contributed by atoms with Gasteiger partial charge in [0.1, 0.15) is 0 Å². The number of rotatable bonds is 3. The van der Waals surface area contributed by atoms with Crippen molar-refractivity contribution in [3.05, 3.63) is 70.5 Å². The molecule has 1 saturated heterocycles. The van der Waals surface area contributed by atoms with Crippen LogP contribution in [0.25, 0.3) is 33.1 Å². The molecule has 1 aliphatic heterocycles. The Morgan fingerprint density at radius 1 is 1.00 bits per heavy atom. The van der Waals surface area contributed by atoms with Crippen LogP contribution >= 0.6 is 0 Å². The summed E-state index contributed by atoms with van der Waals surface area (Å²) in [6.07, 6.45) is 0. The molecule has 2 aromatic carbocycles. The fourth-order valence-electron chi connectivity index (χ4n) is 4.19. The highest BCUT2D eigenvalue weighted by Gasteiger charge is 2.16. The maximum atomic E-state index is 12.6. The lowest BCUT2D eigenvalue weighted by atomic mass is 10.1. The van der Waals surface area contributed by atoms with Crippen LogP contribution in [0.5, 0.6) is 0 Å². The standard InChI is InChI=1S/C23H24N4O/c1-15-13-27(9-8-24-15)14-16-6-7-21-18(10-16)12-22(25-21)19-11-17-4-2-3-5-20(17)26-23(19)28/h2-7,10-12,15,24-25H,8-9,13-14H2,1H3,(H,26,28)/t15-/m1/s1. The van der Waals surface area contributed by atoms with Crippen molar-refractivity contribution >= 4 is 21.8 Å². The average molecular weight is 372 g/mol. The van der Waals surface area contributed by atoms with Gasteiger partial charge in [0.05, 0.1) is 11.3 Å². The molecule has 5 rings (SSSR count). The molecule has 0 saturated carbocycles. The van der Waals surface area contributed by atoms with Gasteiger partial charge >= 0.3 is 0 Å². The Hall–Kier alpha value is -2.89. The SMILES string of the molecule is C[C@@H]1CN(Cc2ccc3[nH]c(-c4cc5ccccc5[nH]c4=O)cc3c2)CCN1. The van der Waals surface area contributed by atoms with Crippen LogP contribution in [0.2, 0.25) is 0 Å². The van der Waals surface area contributed by atoms with Crippen LogP contribution in [0.3, 0.4) is 0 Å². The van der Waals surface area contributed by atoms with Gasteiger partial charge in [-0.2, -0.15) is 0 Å². The maximum absolute atomic E-state index is 12.6. The topological polar surface area (TPSA) is 63.9 Å². The van der Waals surface area contributed by atoms with Gasteiger partial charge in [0.2, 0.25) is 0 Å². The van der Waals surface area contributed by atoms with Gasteiger partial charge in [-0.15, -0.1) is 0 Å². The molecule has 1 fully saturated rings. The van der Waals surface area contributed by atoms with Gasteiger partial charge in [-0.3, -0.25) is 9.69 Å². The number of nitrogens with one attached hydrogen (secondary N) is 3. The summed E-state index contributed by atoms with van der Waals surface area (Å²) < 4.78 is 0. The minimum atomic E-state index is -0.0692. The molecular weight excluding hydrogens is 348 g/mol. The highest BCUT2D eigenvalue weighted by Crippen LogP contribution is 2.25. The Labute approximate surface area is 163 Å². The van der Waals surface area contributed by atoms with Crippen molar-refractivity contribution in [2.24, 2.45) is 0 Å². The number of piperazine rings is 1. The lowest BCUT2D eigenvalue weighted by Crippen LogP contribution is -2.48. The molecule has 28 heavy (non-hydrogen) atoms. The van der Waals surface area contributed by atoms with Gasteiger partial charge in [0.25, 0.3) is 5.56 Å². The number of fused-ring (bicyclic) bond motifs is 2. The molecule has 1 atom stereocenters. The van der Waals surface area contributed by atoms with E-state index in [0.29, 0.717) is 11.6 Å².